The maximum absolute atomic E-state index is 11.5. The molecular formula is C11H23N3O2. The van der Waals surface area contributed by atoms with Gasteiger partial charge in [0.25, 0.3) is 0 Å². The molecule has 1 amide bonds. The molecule has 0 heterocycles. The number of amides is 1. The Morgan fingerprint density at radius 2 is 1.94 bits per heavy atom. The zero-order chi connectivity index (χ0) is 12.2. The molecule has 16 heavy (non-hydrogen) atoms. The Morgan fingerprint density at radius 1 is 1.31 bits per heavy atom. The van der Waals surface area contributed by atoms with E-state index in [-0.39, 0.29) is 12.1 Å². The summed E-state index contributed by atoms with van der Waals surface area (Å²) in [6.45, 7) is 5.58. The molecule has 1 saturated carbocycles. The SMILES string of the molecule is CC(C)(C)OC(=O)NC1CCCC(NN)C1. The first-order valence-electron chi connectivity index (χ1n) is 5.86. The summed E-state index contributed by atoms with van der Waals surface area (Å²) in [7, 11) is 0. The molecule has 2 unspecified atom stereocenters. The lowest BCUT2D eigenvalue weighted by Gasteiger charge is -2.30. The molecule has 0 bridgehead atoms. The third-order valence-corrected chi connectivity index (χ3v) is 2.63. The van der Waals surface area contributed by atoms with E-state index in [1.54, 1.807) is 0 Å². The fourth-order valence-corrected chi connectivity index (χ4v) is 1.95. The van der Waals surface area contributed by atoms with Crippen LogP contribution in [0.15, 0.2) is 0 Å². The Kier molecular flexibility index (Phi) is 4.56. The summed E-state index contributed by atoms with van der Waals surface area (Å²) in [6.07, 6.45) is 3.68. The predicted octanol–water partition coefficient (Wildman–Crippen LogP) is 1.29. The van der Waals surface area contributed by atoms with E-state index in [0.29, 0.717) is 6.04 Å². The summed E-state index contributed by atoms with van der Waals surface area (Å²) < 4.78 is 5.21. The van der Waals surface area contributed by atoms with Crippen molar-refractivity contribution in [2.24, 2.45) is 5.84 Å². The summed E-state index contributed by atoms with van der Waals surface area (Å²) in [5.41, 5.74) is 2.32. The van der Waals surface area contributed by atoms with Crippen LogP contribution in [0.1, 0.15) is 46.5 Å². The Hall–Kier alpha value is -0.810. The van der Waals surface area contributed by atoms with Gasteiger partial charge in [0.15, 0.2) is 0 Å². The van der Waals surface area contributed by atoms with Crippen molar-refractivity contribution in [1.29, 1.82) is 0 Å². The van der Waals surface area contributed by atoms with E-state index in [1.807, 2.05) is 20.8 Å². The van der Waals surface area contributed by atoms with E-state index < -0.39 is 5.60 Å². The lowest BCUT2D eigenvalue weighted by Crippen LogP contribution is -2.47. The van der Waals surface area contributed by atoms with Crippen LogP contribution in [0, 0.1) is 0 Å². The fourth-order valence-electron chi connectivity index (χ4n) is 1.95. The van der Waals surface area contributed by atoms with Crippen LogP contribution in [-0.4, -0.2) is 23.8 Å². The Balaban J connectivity index is 2.33. The average Bonchev–Trinajstić information content (AvgIpc) is 2.15. The van der Waals surface area contributed by atoms with Gasteiger partial charge in [-0.15, -0.1) is 0 Å². The van der Waals surface area contributed by atoms with Crippen molar-refractivity contribution in [2.75, 3.05) is 0 Å². The van der Waals surface area contributed by atoms with Crippen molar-refractivity contribution in [3.63, 3.8) is 0 Å². The summed E-state index contributed by atoms with van der Waals surface area (Å²) >= 11 is 0. The number of hydrogen-bond acceptors (Lipinski definition) is 4. The molecule has 2 atom stereocenters. The number of nitrogens with one attached hydrogen (secondary N) is 2. The molecule has 5 heteroatoms. The molecule has 1 aliphatic carbocycles. The van der Waals surface area contributed by atoms with Gasteiger partial charge in [-0.1, -0.05) is 0 Å². The summed E-state index contributed by atoms with van der Waals surface area (Å²) in [6, 6.07) is 0.471. The van der Waals surface area contributed by atoms with Crippen LogP contribution in [-0.2, 0) is 4.74 Å². The van der Waals surface area contributed by atoms with Gasteiger partial charge in [0.2, 0.25) is 0 Å². The Labute approximate surface area is 97.1 Å². The number of hydrazine groups is 1. The monoisotopic (exact) mass is 229 g/mol. The van der Waals surface area contributed by atoms with Crippen molar-refractivity contribution in [3.05, 3.63) is 0 Å². The third-order valence-electron chi connectivity index (χ3n) is 2.63. The number of ether oxygens (including phenoxy) is 1. The number of nitrogens with two attached hydrogens (primary N) is 1. The third kappa shape index (κ3) is 4.81. The highest BCUT2D eigenvalue weighted by Gasteiger charge is 2.24. The van der Waals surface area contributed by atoms with Gasteiger partial charge >= 0.3 is 6.09 Å². The molecule has 4 N–H and O–H groups in total. The Morgan fingerprint density at radius 3 is 2.50 bits per heavy atom. The van der Waals surface area contributed by atoms with Gasteiger partial charge in [-0.2, -0.15) is 0 Å². The number of carbonyl (C=O) groups excluding carboxylic acids is 1. The maximum Gasteiger partial charge on any atom is 0.407 e. The second-order valence-corrected chi connectivity index (χ2v) is 5.37. The zero-order valence-corrected chi connectivity index (χ0v) is 10.4. The second-order valence-electron chi connectivity index (χ2n) is 5.37. The van der Waals surface area contributed by atoms with E-state index in [4.69, 9.17) is 10.6 Å². The molecule has 0 saturated heterocycles. The zero-order valence-electron chi connectivity index (χ0n) is 10.4. The molecule has 1 fully saturated rings. The van der Waals surface area contributed by atoms with E-state index >= 15 is 0 Å². The molecule has 0 aromatic heterocycles. The van der Waals surface area contributed by atoms with Crippen LogP contribution in [0.5, 0.6) is 0 Å². The number of alkyl carbamates (subject to hydrolysis) is 1. The first-order chi connectivity index (χ1) is 7.40. The second kappa shape index (κ2) is 5.50. The quantitative estimate of drug-likeness (QED) is 0.492. The Bertz CT molecular complexity index is 238. The van der Waals surface area contributed by atoms with Crippen molar-refractivity contribution in [3.8, 4) is 0 Å². The van der Waals surface area contributed by atoms with Crippen LogP contribution >= 0.6 is 0 Å². The van der Waals surface area contributed by atoms with Crippen molar-refractivity contribution < 1.29 is 9.53 Å². The molecule has 0 aliphatic heterocycles. The van der Waals surface area contributed by atoms with Crippen molar-refractivity contribution >= 4 is 6.09 Å². The van der Waals surface area contributed by atoms with Gasteiger partial charge in [0.05, 0.1) is 0 Å². The van der Waals surface area contributed by atoms with Crippen LogP contribution < -0.4 is 16.6 Å². The number of rotatable bonds is 2. The van der Waals surface area contributed by atoms with Crippen molar-refractivity contribution in [2.45, 2.75) is 64.1 Å². The fraction of sp³-hybridized carbons (Fsp3) is 0.909. The van der Waals surface area contributed by atoms with Gasteiger partial charge in [-0.25, -0.2) is 4.79 Å². The molecule has 1 rings (SSSR count). The van der Waals surface area contributed by atoms with Gasteiger partial charge in [-0.3, -0.25) is 11.3 Å². The van der Waals surface area contributed by atoms with Gasteiger partial charge in [0.1, 0.15) is 5.60 Å². The van der Waals surface area contributed by atoms with E-state index in [1.165, 1.54) is 0 Å². The summed E-state index contributed by atoms with van der Waals surface area (Å²) in [5, 5.41) is 2.88. The van der Waals surface area contributed by atoms with Gasteiger partial charge < -0.3 is 10.1 Å². The van der Waals surface area contributed by atoms with E-state index in [0.717, 1.165) is 25.7 Å². The minimum Gasteiger partial charge on any atom is -0.444 e. The first kappa shape index (κ1) is 13.3. The normalized spacial score (nSPS) is 26.2. The number of hydrogen-bond donors (Lipinski definition) is 3. The first-order valence-corrected chi connectivity index (χ1v) is 5.86. The van der Waals surface area contributed by atoms with Crippen LogP contribution in [0.3, 0.4) is 0 Å². The standard InChI is InChI=1S/C11H23N3O2/c1-11(2,3)16-10(15)13-8-5-4-6-9(7-8)14-12/h8-9,14H,4-7,12H2,1-3H3,(H,13,15). The highest BCUT2D eigenvalue weighted by Crippen LogP contribution is 2.18. The summed E-state index contributed by atoms with van der Waals surface area (Å²) in [5.74, 6) is 5.40. The topological polar surface area (TPSA) is 76.4 Å². The molecule has 94 valence electrons. The van der Waals surface area contributed by atoms with Gasteiger partial charge in [-0.05, 0) is 46.5 Å². The van der Waals surface area contributed by atoms with Crippen molar-refractivity contribution in [1.82, 2.24) is 10.7 Å². The highest BCUT2D eigenvalue weighted by atomic mass is 16.6. The molecule has 0 radical (unpaired) electrons. The highest BCUT2D eigenvalue weighted by molar-refractivity contribution is 5.68. The van der Waals surface area contributed by atoms with Crippen LogP contribution in [0.2, 0.25) is 0 Å². The van der Waals surface area contributed by atoms with E-state index in [9.17, 15) is 4.79 Å². The average molecular weight is 229 g/mol. The lowest BCUT2D eigenvalue weighted by atomic mass is 9.91. The molecular weight excluding hydrogens is 206 g/mol. The molecule has 0 aromatic carbocycles. The molecule has 0 aromatic rings. The minimum absolute atomic E-state index is 0.171. The van der Waals surface area contributed by atoms with Gasteiger partial charge in [0, 0.05) is 12.1 Å². The largest absolute Gasteiger partial charge is 0.444 e. The van der Waals surface area contributed by atoms with Crippen LogP contribution in [0.4, 0.5) is 4.79 Å². The molecule has 1 aliphatic rings. The number of carbonyl (C=O) groups is 1. The van der Waals surface area contributed by atoms with E-state index in [2.05, 4.69) is 10.7 Å². The van der Waals surface area contributed by atoms with Crippen LogP contribution in [0.25, 0.3) is 0 Å². The molecule has 0 spiro atoms. The maximum atomic E-state index is 11.5. The molecule has 5 nitrogen and oxygen atoms in total. The summed E-state index contributed by atoms with van der Waals surface area (Å²) in [4.78, 5) is 11.5. The smallest absolute Gasteiger partial charge is 0.407 e. The minimum atomic E-state index is -0.440. The predicted molar refractivity (Wildman–Crippen MR) is 62.7 cm³/mol. The lowest BCUT2D eigenvalue weighted by molar-refractivity contribution is 0.0488.